The van der Waals surface area contributed by atoms with E-state index in [4.69, 9.17) is 11.6 Å². The molecule has 0 saturated heterocycles. The fourth-order valence-corrected chi connectivity index (χ4v) is 1.36. The van der Waals surface area contributed by atoms with Crippen molar-refractivity contribution in [2.75, 3.05) is 17.2 Å². The van der Waals surface area contributed by atoms with Gasteiger partial charge in [-0.05, 0) is 18.8 Å². The van der Waals surface area contributed by atoms with Crippen LogP contribution in [0.4, 0.5) is 11.8 Å². The van der Waals surface area contributed by atoms with E-state index < -0.39 is 0 Å². The van der Waals surface area contributed by atoms with E-state index >= 15 is 0 Å². The summed E-state index contributed by atoms with van der Waals surface area (Å²) in [4.78, 5) is 8.55. The maximum Gasteiger partial charge on any atom is 0.224 e. The molecule has 0 fully saturated rings. The summed E-state index contributed by atoms with van der Waals surface area (Å²) in [6.07, 6.45) is 2.66. The number of nitrogens with one attached hydrogen (secondary N) is 2. The first kappa shape index (κ1) is 15.0. The van der Waals surface area contributed by atoms with E-state index in [-0.39, 0.29) is 11.5 Å². The van der Waals surface area contributed by atoms with Crippen molar-refractivity contribution in [1.29, 1.82) is 0 Å². The highest BCUT2D eigenvalue weighted by atomic mass is 35.5. The van der Waals surface area contributed by atoms with Crippen molar-refractivity contribution in [3.63, 3.8) is 0 Å². The SMILES string of the molecule is CCCNc1ncc(Cl)c(NC(C)C(C)(C)C)n1. The first-order valence-corrected chi connectivity index (χ1v) is 6.75. The molecule has 0 aliphatic rings. The highest BCUT2D eigenvalue weighted by Gasteiger charge is 2.21. The quantitative estimate of drug-likeness (QED) is 0.855. The fourth-order valence-electron chi connectivity index (χ4n) is 1.21. The second-order valence-electron chi connectivity index (χ2n) is 5.55. The van der Waals surface area contributed by atoms with Crippen LogP contribution in [-0.2, 0) is 0 Å². The van der Waals surface area contributed by atoms with Gasteiger partial charge in [0.1, 0.15) is 5.02 Å². The molecule has 1 aromatic rings. The van der Waals surface area contributed by atoms with Crippen LogP contribution in [0, 0.1) is 5.41 Å². The Hall–Kier alpha value is -1.03. The Balaban J connectivity index is 2.81. The topological polar surface area (TPSA) is 49.8 Å². The van der Waals surface area contributed by atoms with E-state index in [1.54, 1.807) is 6.20 Å². The third kappa shape index (κ3) is 4.33. The Morgan fingerprint density at radius 1 is 1.39 bits per heavy atom. The minimum Gasteiger partial charge on any atom is -0.366 e. The van der Waals surface area contributed by atoms with Gasteiger partial charge in [-0.2, -0.15) is 4.98 Å². The van der Waals surface area contributed by atoms with Crippen LogP contribution >= 0.6 is 11.6 Å². The van der Waals surface area contributed by atoms with Gasteiger partial charge in [-0.3, -0.25) is 0 Å². The minimum absolute atomic E-state index is 0.144. The smallest absolute Gasteiger partial charge is 0.224 e. The van der Waals surface area contributed by atoms with Crippen LogP contribution < -0.4 is 10.6 Å². The molecule has 0 aromatic carbocycles. The zero-order chi connectivity index (χ0) is 13.8. The molecule has 1 unspecified atom stereocenters. The molecule has 1 atom stereocenters. The average molecular weight is 271 g/mol. The van der Waals surface area contributed by atoms with Gasteiger partial charge in [-0.15, -0.1) is 0 Å². The molecule has 1 heterocycles. The average Bonchev–Trinajstić information content (AvgIpc) is 2.28. The Morgan fingerprint density at radius 3 is 2.61 bits per heavy atom. The van der Waals surface area contributed by atoms with Crippen molar-refractivity contribution in [3.05, 3.63) is 11.2 Å². The normalized spacial score (nSPS) is 13.2. The third-order valence-electron chi connectivity index (χ3n) is 2.93. The number of nitrogens with zero attached hydrogens (tertiary/aromatic N) is 2. The van der Waals surface area contributed by atoms with Gasteiger partial charge in [0.15, 0.2) is 5.82 Å². The zero-order valence-electron chi connectivity index (χ0n) is 11.8. The molecule has 0 spiro atoms. The summed E-state index contributed by atoms with van der Waals surface area (Å²) in [5, 5.41) is 7.05. The van der Waals surface area contributed by atoms with Crippen molar-refractivity contribution in [2.24, 2.45) is 5.41 Å². The number of rotatable bonds is 5. The molecule has 0 bridgehead atoms. The van der Waals surface area contributed by atoms with Crippen LogP contribution in [0.15, 0.2) is 6.20 Å². The van der Waals surface area contributed by atoms with Crippen LogP contribution in [0.3, 0.4) is 0 Å². The van der Waals surface area contributed by atoms with Crippen molar-refractivity contribution >= 4 is 23.4 Å². The van der Waals surface area contributed by atoms with Gasteiger partial charge in [0.05, 0.1) is 6.20 Å². The monoisotopic (exact) mass is 270 g/mol. The van der Waals surface area contributed by atoms with Gasteiger partial charge >= 0.3 is 0 Å². The van der Waals surface area contributed by atoms with E-state index in [2.05, 4.69) is 55.2 Å². The van der Waals surface area contributed by atoms with Crippen molar-refractivity contribution in [3.8, 4) is 0 Å². The number of hydrogen-bond acceptors (Lipinski definition) is 4. The van der Waals surface area contributed by atoms with Gasteiger partial charge in [0.25, 0.3) is 0 Å². The first-order valence-electron chi connectivity index (χ1n) is 6.37. The van der Waals surface area contributed by atoms with Crippen LogP contribution in [0.5, 0.6) is 0 Å². The molecule has 0 saturated carbocycles. The van der Waals surface area contributed by atoms with Gasteiger partial charge in [0.2, 0.25) is 5.95 Å². The lowest BCUT2D eigenvalue weighted by Crippen LogP contribution is -2.31. The summed E-state index contributed by atoms with van der Waals surface area (Å²) in [5.74, 6) is 1.30. The van der Waals surface area contributed by atoms with E-state index in [0.717, 1.165) is 13.0 Å². The van der Waals surface area contributed by atoms with E-state index in [1.165, 1.54) is 0 Å². The number of hydrogen-bond donors (Lipinski definition) is 2. The number of aromatic nitrogens is 2. The number of halogens is 1. The molecule has 0 aliphatic heterocycles. The Kier molecular flexibility index (Phi) is 5.20. The summed E-state index contributed by atoms with van der Waals surface area (Å²) in [6.45, 7) is 11.6. The predicted molar refractivity (Wildman–Crippen MR) is 78.4 cm³/mol. The molecule has 1 aromatic heterocycles. The molecule has 2 N–H and O–H groups in total. The van der Waals surface area contributed by atoms with Gasteiger partial charge in [-0.1, -0.05) is 39.3 Å². The van der Waals surface area contributed by atoms with Crippen LogP contribution in [0.1, 0.15) is 41.0 Å². The summed E-state index contributed by atoms with van der Waals surface area (Å²) >= 11 is 6.11. The lowest BCUT2D eigenvalue weighted by Gasteiger charge is -2.28. The molecule has 0 radical (unpaired) electrons. The van der Waals surface area contributed by atoms with Gasteiger partial charge < -0.3 is 10.6 Å². The molecular formula is C13H23ClN4. The highest BCUT2D eigenvalue weighted by molar-refractivity contribution is 6.32. The lowest BCUT2D eigenvalue weighted by atomic mass is 9.88. The lowest BCUT2D eigenvalue weighted by molar-refractivity contribution is 0.359. The maximum absolute atomic E-state index is 6.11. The molecule has 102 valence electrons. The first-order chi connectivity index (χ1) is 8.34. The Labute approximate surface area is 115 Å². The van der Waals surface area contributed by atoms with Crippen LogP contribution in [0.25, 0.3) is 0 Å². The standard InChI is InChI=1S/C13H23ClN4/c1-6-7-15-12-16-8-10(14)11(18-12)17-9(2)13(3,4)5/h8-9H,6-7H2,1-5H3,(H2,15,16,17,18). The van der Waals surface area contributed by atoms with Crippen molar-refractivity contribution in [1.82, 2.24) is 9.97 Å². The van der Waals surface area contributed by atoms with Crippen LogP contribution in [0.2, 0.25) is 5.02 Å². The fraction of sp³-hybridized carbons (Fsp3) is 0.692. The van der Waals surface area contributed by atoms with Crippen molar-refractivity contribution in [2.45, 2.75) is 47.1 Å². The van der Waals surface area contributed by atoms with Crippen molar-refractivity contribution < 1.29 is 0 Å². The highest BCUT2D eigenvalue weighted by Crippen LogP contribution is 2.26. The minimum atomic E-state index is 0.144. The molecule has 0 aliphatic carbocycles. The molecule has 4 nitrogen and oxygen atoms in total. The second-order valence-corrected chi connectivity index (χ2v) is 5.96. The zero-order valence-corrected chi connectivity index (χ0v) is 12.6. The molecule has 1 rings (SSSR count). The Bertz CT molecular complexity index is 387. The van der Waals surface area contributed by atoms with E-state index in [1.807, 2.05) is 0 Å². The Morgan fingerprint density at radius 2 is 2.06 bits per heavy atom. The summed E-state index contributed by atoms with van der Waals surface area (Å²) in [6, 6.07) is 0.268. The van der Waals surface area contributed by atoms with E-state index in [9.17, 15) is 0 Å². The largest absolute Gasteiger partial charge is 0.366 e. The van der Waals surface area contributed by atoms with E-state index in [0.29, 0.717) is 16.8 Å². The molecule has 18 heavy (non-hydrogen) atoms. The van der Waals surface area contributed by atoms with Gasteiger partial charge in [0, 0.05) is 12.6 Å². The summed E-state index contributed by atoms with van der Waals surface area (Å²) < 4.78 is 0. The summed E-state index contributed by atoms with van der Waals surface area (Å²) in [5.41, 5.74) is 0.144. The third-order valence-corrected chi connectivity index (χ3v) is 3.21. The maximum atomic E-state index is 6.11. The molecule has 0 amide bonds. The molecular weight excluding hydrogens is 248 g/mol. The summed E-state index contributed by atoms with van der Waals surface area (Å²) in [7, 11) is 0. The second kappa shape index (κ2) is 6.23. The predicted octanol–water partition coefficient (Wildman–Crippen LogP) is 3.80. The number of anilines is 2. The van der Waals surface area contributed by atoms with Gasteiger partial charge in [-0.25, -0.2) is 4.98 Å². The molecule has 5 heteroatoms. The van der Waals surface area contributed by atoms with Crippen LogP contribution in [-0.4, -0.2) is 22.6 Å².